The maximum atomic E-state index is 12.7. The lowest BCUT2D eigenvalue weighted by atomic mass is 9.94. The lowest BCUT2D eigenvalue weighted by molar-refractivity contribution is 0.0246. The van der Waals surface area contributed by atoms with Crippen LogP contribution < -0.4 is 5.32 Å². The molecule has 1 amide bonds. The van der Waals surface area contributed by atoms with Gasteiger partial charge in [0.25, 0.3) is 5.91 Å². The van der Waals surface area contributed by atoms with Gasteiger partial charge in [0, 0.05) is 18.3 Å². The first-order valence-electron chi connectivity index (χ1n) is 9.48. The molecule has 0 atom stereocenters. The van der Waals surface area contributed by atoms with E-state index >= 15 is 0 Å². The van der Waals surface area contributed by atoms with Crippen LogP contribution in [0.4, 0.5) is 0 Å². The van der Waals surface area contributed by atoms with E-state index in [1.165, 1.54) is 24.4 Å². The average molecular weight is 437 g/mol. The molecular formula is C21H22Cl2N2O4. The van der Waals surface area contributed by atoms with Gasteiger partial charge in [0.1, 0.15) is 0 Å². The number of carboxylic acid groups (broad SMARTS) is 1. The number of aromatic carboxylic acids is 1. The Bertz CT molecular complexity index is 925. The lowest BCUT2D eigenvalue weighted by Gasteiger charge is -2.27. The number of carbonyl (C=O) groups is 2. The third-order valence-electron chi connectivity index (χ3n) is 5.18. The van der Waals surface area contributed by atoms with Gasteiger partial charge in [0.15, 0.2) is 0 Å². The molecule has 3 rings (SSSR count). The number of benzene rings is 1. The van der Waals surface area contributed by atoms with Crippen LogP contribution in [0.15, 0.2) is 30.5 Å². The van der Waals surface area contributed by atoms with E-state index in [1.807, 2.05) is 0 Å². The van der Waals surface area contributed by atoms with Crippen LogP contribution in [0, 0.1) is 0 Å². The molecule has 1 saturated carbocycles. The molecule has 0 radical (unpaired) electrons. The number of aromatic nitrogens is 1. The van der Waals surface area contributed by atoms with E-state index in [0.717, 1.165) is 25.7 Å². The molecule has 154 valence electrons. The van der Waals surface area contributed by atoms with Crippen molar-refractivity contribution >= 4 is 35.1 Å². The van der Waals surface area contributed by atoms with Gasteiger partial charge in [-0.2, -0.15) is 0 Å². The van der Waals surface area contributed by atoms with E-state index < -0.39 is 17.5 Å². The molecular weight excluding hydrogens is 415 g/mol. The zero-order chi connectivity index (χ0) is 21.0. The highest BCUT2D eigenvalue weighted by atomic mass is 35.5. The molecule has 0 bridgehead atoms. The van der Waals surface area contributed by atoms with Crippen molar-refractivity contribution in [3.05, 3.63) is 51.6 Å². The van der Waals surface area contributed by atoms with Gasteiger partial charge < -0.3 is 15.5 Å². The molecule has 1 aromatic heterocycles. The Balaban J connectivity index is 1.84. The zero-order valence-electron chi connectivity index (χ0n) is 15.8. The number of halogens is 2. The minimum Gasteiger partial charge on any atom is -0.478 e. The number of hydrogen-bond acceptors (Lipinski definition) is 4. The summed E-state index contributed by atoms with van der Waals surface area (Å²) in [7, 11) is 0. The largest absolute Gasteiger partial charge is 0.478 e. The minimum atomic E-state index is -1.17. The highest BCUT2D eigenvalue weighted by Gasteiger charge is 2.29. The molecule has 2 aromatic rings. The standard InChI is InChI=1S/C21H22Cl2N2O4/c22-14-10-16(20(27)28)18(24-11-14)13-5-6-17(23)15(9-13)19(26)25-12-21(29)7-3-1-2-4-8-21/h5-6,9-11,29H,1-4,7-8,12H2,(H,25,26)(H,27,28). The first kappa shape index (κ1) is 21.6. The van der Waals surface area contributed by atoms with Crippen molar-refractivity contribution in [1.29, 1.82) is 0 Å². The maximum absolute atomic E-state index is 12.7. The predicted molar refractivity (Wildman–Crippen MR) is 112 cm³/mol. The summed E-state index contributed by atoms with van der Waals surface area (Å²) in [5.74, 6) is -1.60. The Morgan fingerprint density at radius 3 is 2.41 bits per heavy atom. The van der Waals surface area contributed by atoms with E-state index in [0.29, 0.717) is 18.4 Å². The predicted octanol–water partition coefficient (Wildman–Crippen LogP) is 4.57. The highest BCUT2D eigenvalue weighted by molar-refractivity contribution is 6.34. The van der Waals surface area contributed by atoms with Gasteiger partial charge >= 0.3 is 5.97 Å². The Kier molecular flexibility index (Phi) is 6.77. The van der Waals surface area contributed by atoms with E-state index in [1.54, 1.807) is 6.07 Å². The van der Waals surface area contributed by atoms with Crippen LogP contribution in [0.1, 0.15) is 59.2 Å². The van der Waals surface area contributed by atoms with Crippen LogP contribution in [-0.4, -0.2) is 39.2 Å². The van der Waals surface area contributed by atoms with Crippen LogP contribution in [0.2, 0.25) is 10.0 Å². The number of carboxylic acids is 1. The summed E-state index contributed by atoms with van der Waals surface area (Å²) in [5.41, 5.74) is -0.171. The molecule has 1 heterocycles. The lowest BCUT2D eigenvalue weighted by Crippen LogP contribution is -2.42. The molecule has 0 saturated heterocycles. The third kappa shape index (κ3) is 5.26. The van der Waals surface area contributed by atoms with Gasteiger partial charge in [-0.05, 0) is 31.0 Å². The molecule has 8 heteroatoms. The SMILES string of the molecule is O=C(NCC1(O)CCCCCC1)c1cc(-c2ncc(Cl)cc2C(=O)O)ccc1Cl. The van der Waals surface area contributed by atoms with E-state index in [4.69, 9.17) is 23.2 Å². The average Bonchev–Trinajstić information content (AvgIpc) is 2.91. The number of nitrogens with one attached hydrogen (secondary N) is 1. The number of nitrogens with zero attached hydrogens (tertiary/aromatic N) is 1. The molecule has 1 aliphatic carbocycles. The van der Waals surface area contributed by atoms with Gasteiger partial charge in [-0.15, -0.1) is 0 Å². The van der Waals surface area contributed by atoms with Crippen molar-refractivity contribution < 1.29 is 19.8 Å². The summed E-state index contributed by atoms with van der Waals surface area (Å²) < 4.78 is 0. The van der Waals surface area contributed by atoms with Crippen LogP contribution in [-0.2, 0) is 0 Å². The summed E-state index contributed by atoms with van der Waals surface area (Å²) >= 11 is 12.1. The van der Waals surface area contributed by atoms with E-state index in [2.05, 4.69) is 10.3 Å². The second-order valence-electron chi connectivity index (χ2n) is 7.37. The summed E-state index contributed by atoms with van der Waals surface area (Å²) in [5, 5.41) is 23.4. The van der Waals surface area contributed by atoms with Crippen molar-refractivity contribution in [3.8, 4) is 11.3 Å². The molecule has 6 nitrogen and oxygen atoms in total. The fraction of sp³-hybridized carbons (Fsp3) is 0.381. The van der Waals surface area contributed by atoms with Crippen molar-refractivity contribution in [2.75, 3.05) is 6.54 Å². The smallest absolute Gasteiger partial charge is 0.337 e. The quantitative estimate of drug-likeness (QED) is 0.596. The molecule has 0 aliphatic heterocycles. The monoisotopic (exact) mass is 436 g/mol. The van der Waals surface area contributed by atoms with Crippen molar-refractivity contribution in [2.45, 2.75) is 44.1 Å². The second kappa shape index (κ2) is 9.11. The Morgan fingerprint density at radius 1 is 1.07 bits per heavy atom. The summed E-state index contributed by atoms with van der Waals surface area (Å²) in [6.45, 7) is 0.145. The Hall–Kier alpha value is -2.15. The fourth-order valence-electron chi connectivity index (χ4n) is 3.58. The second-order valence-corrected chi connectivity index (χ2v) is 8.21. The molecule has 1 fully saturated rings. The fourth-order valence-corrected chi connectivity index (χ4v) is 3.94. The number of hydrogen-bond donors (Lipinski definition) is 3. The van der Waals surface area contributed by atoms with Gasteiger partial charge in [0.05, 0.1) is 32.5 Å². The third-order valence-corrected chi connectivity index (χ3v) is 5.72. The van der Waals surface area contributed by atoms with E-state index in [-0.39, 0.29) is 33.4 Å². The normalized spacial score (nSPS) is 16.1. The van der Waals surface area contributed by atoms with Gasteiger partial charge in [0.2, 0.25) is 0 Å². The number of amides is 1. The molecule has 29 heavy (non-hydrogen) atoms. The van der Waals surface area contributed by atoms with Gasteiger partial charge in [-0.25, -0.2) is 4.79 Å². The van der Waals surface area contributed by atoms with Crippen LogP contribution in [0.3, 0.4) is 0 Å². The summed E-state index contributed by atoms with van der Waals surface area (Å²) in [4.78, 5) is 28.4. The Labute approximate surface area is 178 Å². The van der Waals surface area contributed by atoms with Crippen LogP contribution >= 0.6 is 23.2 Å². The number of rotatable bonds is 5. The maximum Gasteiger partial charge on any atom is 0.337 e. The molecule has 1 aliphatic rings. The highest BCUT2D eigenvalue weighted by Crippen LogP contribution is 2.29. The first-order chi connectivity index (χ1) is 13.8. The topological polar surface area (TPSA) is 99.5 Å². The summed E-state index contributed by atoms with van der Waals surface area (Å²) in [6.07, 6.45) is 6.69. The van der Waals surface area contributed by atoms with Crippen LogP contribution in [0.5, 0.6) is 0 Å². The van der Waals surface area contributed by atoms with Gasteiger partial charge in [-0.1, -0.05) is 55.0 Å². The van der Waals surface area contributed by atoms with Gasteiger partial charge in [-0.3, -0.25) is 9.78 Å². The van der Waals surface area contributed by atoms with Crippen molar-refractivity contribution in [1.82, 2.24) is 10.3 Å². The van der Waals surface area contributed by atoms with Crippen molar-refractivity contribution in [2.24, 2.45) is 0 Å². The molecule has 0 spiro atoms. The first-order valence-corrected chi connectivity index (χ1v) is 10.2. The summed E-state index contributed by atoms with van der Waals surface area (Å²) in [6, 6.07) is 5.92. The number of carbonyl (C=O) groups excluding carboxylic acids is 1. The minimum absolute atomic E-state index is 0.0704. The van der Waals surface area contributed by atoms with E-state index in [9.17, 15) is 19.8 Å². The number of aliphatic hydroxyl groups is 1. The molecule has 1 aromatic carbocycles. The van der Waals surface area contributed by atoms with Crippen molar-refractivity contribution in [3.63, 3.8) is 0 Å². The number of pyridine rings is 1. The zero-order valence-corrected chi connectivity index (χ0v) is 17.3. The molecule has 3 N–H and O–H groups in total. The molecule has 0 unspecified atom stereocenters. The Morgan fingerprint density at radius 2 is 1.76 bits per heavy atom. The van der Waals surface area contributed by atoms with Crippen LogP contribution in [0.25, 0.3) is 11.3 Å².